The second-order valence-corrected chi connectivity index (χ2v) is 14.3. The smallest absolute Gasteiger partial charge is 0.264 e. The van der Waals surface area contributed by atoms with Crippen LogP contribution in [0.1, 0.15) is 67.7 Å². The molecule has 1 fully saturated rings. The quantitative estimate of drug-likeness (QED) is 0.233. The van der Waals surface area contributed by atoms with E-state index in [-0.39, 0.29) is 23.4 Å². The summed E-state index contributed by atoms with van der Waals surface area (Å²) in [5.41, 5.74) is 3.48. The van der Waals surface area contributed by atoms with Crippen molar-refractivity contribution in [2.45, 2.75) is 89.7 Å². The number of carbonyl (C=O) groups excluding carboxylic acids is 2. The molecular formula is C34H41Cl2N3O4S. The molecule has 3 aromatic rings. The molecule has 3 aromatic carbocycles. The van der Waals surface area contributed by atoms with Gasteiger partial charge in [0.2, 0.25) is 11.8 Å². The molecule has 1 atom stereocenters. The average molecular weight is 659 g/mol. The van der Waals surface area contributed by atoms with E-state index in [0.717, 1.165) is 47.5 Å². The maximum absolute atomic E-state index is 14.4. The zero-order valence-electron chi connectivity index (χ0n) is 25.8. The Hall–Kier alpha value is -3.07. The SMILES string of the molecule is CCC(C(=O)NC1CCCCC1)N(Cc1ccc(Cl)cc1Cl)C(=O)CN(c1cc(C)ccc1C)S(=O)(=O)c1ccc(C)cc1. The number of aryl methyl sites for hydroxylation is 3. The molecular weight excluding hydrogens is 617 g/mol. The van der Waals surface area contributed by atoms with Gasteiger partial charge in [-0.05, 0) is 87.1 Å². The lowest BCUT2D eigenvalue weighted by molar-refractivity contribution is -0.140. The topological polar surface area (TPSA) is 86.8 Å². The number of sulfonamides is 1. The second-order valence-electron chi connectivity index (χ2n) is 11.6. The molecule has 0 aliphatic heterocycles. The fourth-order valence-electron chi connectivity index (χ4n) is 5.64. The van der Waals surface area contributed by atoms with Crippen LogP contribution in [-0.4, -0.2) is 43.8 Å². The van der Waals surface area contributed by atoms with Gasteiger partial charge in [-0.3, -0.25) is 13.9 Å². The zero-order chi connectivity index (χ0) is 32.0. The number of hydrogen-bond acceptors (Lipinski definition) is 4. The predicted octanol–water partition coefficient (Wildman–Crippen LogP) is 7.37. The van der Waals surface area contributed by atoms with Crippen LogP contribution in [0.25, 0.3) is 0 Å². The Kier molecular flexibility index (Phi) is 11.4. The molecule has 1 saturated carbocycles. The fraction of sp³-hybridized carbons (Fsp3) is 0.412. The van der Waals surface area contributed by atoms with Crippen LogP contribution in [0.5, 0.6) is 0 Å². The van der Waals surface area contributed by atoms with Gasteiger partial charge >= 0.3 is 0 Å². The molecule has 0 saturated heterocycles. The number of anilines is 1. The summed E-state index contributed by atoms with van der Waals surface area (Å²) in [6.07, 6.45) is 5.37. The number of carbonyl (C=O) groups is 2. The van der Waals surface area contributed by atoms with Crippen molar-refractivity contribution in [3.8, 4) is 0 Å². The second kappa shape index (κ2) is 14.8. The van der Waals surface area contributed by atoms with Crippen molar-refractivity contribution >= 4 is 50.7 Å². The Bertz CT molecular complexity index is 1590. The third-order valence-corrected chi connectivity index (χ3v) is 10.6. The number of nitrogens with one attached hydrogen (secondary N) is 1. The molecule has 0 radical (unpaired) electrons. The van der Waals surface area contributed by atoms with Gasteiger partial charge in [-0.2, -0.15) is 0 Å². The van der Waals surface area contributed by atoms with E-state index in [1.807, 2.05) is 39.8 Å². The lowest BCUT2D eigenvalue weighted by atomic mass is 9.95. The summed E-state index contributed by atoms with van der Waals surface area (Å²) in [5, 5.41) is 3.96. The third-order valence-electron chi connectivity index (χ3n) is 8.21. The fourth-order valence-corrected chi connectivity index (χ4v) is 7.57. The van der Waals surface area contributed by atoms with Crippen molar-refractivity contribution in [3.05, 3.63) is 93.0 Å². The van der Waals surface area contributed by atoms with Gasteiger partial charge in [-0.1, -0.05) is 85.3 Å². The van der Waals surface area contributed by atoms with Crippen LogP contribution in [0.2, 0.25) is 10.0 Å². The summed E-state index contributed by atoms with van der Waals surface area (Å²) in [6, 6.07) is 16.3. The third kappa shape index (κ3) is 8.14. The van der Waals surface area contributed by atoms with Crippen LogP contribution in [0, 0.1) is 20.8 Å². The lowest BCUT2D eigenvalue weighted by Crippen LogP contribution is -2.54. The van der Waals surface area contributed by atoms with Gasteiger partial charge in [0.25, 0.3) is 10.0 Å². The molecule has 1 unspecified atom stereocenters. The first-order valence-corrected chi connectivity index (χ1v) is 17.3. The zero-order valence-corrected chi connectivity index (χ0v) is 28.1. The first-order chi connectivity index (χ1) is 20.9. The molecule has 44 heavy (non-hydrogen) atoms. The molecule has 1 aliphatic carbocycles. The van der Waals surface area contributed by atoms with E-state index in [2.05, 4.69) is 5.32 Å². The normalized spacial score (nSPS) is 14.6. The molecule has 10 heteroatoms. The first-order valence-electron chi connectivity index (χ1n) is 15.1. The monoisotopic (exact) mass is 657 g/mol. The van der Waals surface area contributed by atoms with E-state index in [9.17, 15) is 18.0 Å². The highest BCUT2D eigenvalue weighted by Gasteiger charge is 2.35. The van der Waals surface area contributed by atoms with E-state index in [0.29, 0.717) is 33.3 Å². The molecule has 0 heterocycles. The highest BCUT2D eigenvalue weighted by atomic mass is 35.5. The van der Waals surface area contributed by atoms with Crippen molar-refractivity contribution < 1.29 is 18.0 Å². The van der Waals surface area contributed by atoms with Gasteiger partial charge < -0.3 is 10.2 Å². The summed E-state index contributed by atoms with van der Waals surface area (Å²) in [6.45, 7) is 6.93. The first kappa shape index (κ1) is 33.8. The molecule has 0 bridgehead atoms. The number of rotatable bonds is 11. The lowest BCUT2D eigenvalue weighted by Gasteiger charge is -2.35. The Balaban J connectivity index is 1.76. The number of hydrogen-bond donors (Lipinski definition) is 1. The molecule has 236 valence electrons. The number of halogens is 2. The van der Waals surface area contributed by atoms with Gasteiger partial charge in [0.15, 0.2) is 0 Å². The predicted molar refractivity (Wildman–Crippen MR) is 178 cm³/mol. The van der Waals surface area contributed by atoms with Crippen LogP contribution in [0.15, 0.2) is 65.6 Å². The van der Waals surface area contributed by atoms with Crippen LogP contribution < -0.4 is 9.62 Å². The van der Waals surface area contributed by atoms with Crippen LogP contribution in [-0.2, 0) is 26.2 Å². The Labute approximate surface area is 271 Å². The van der Waals surface area contributed by atoms with Gasteiger partial charge in [-0.15, -0.1) is 0 Å². The van der Waals surface area contributed by atoms with Crippen LogP contribution in [0.4, 0.5) is 5.69 Å². The summed E-state index contributed by atoms with van der Waals surface area (Å²) >= 11 is 12.7. The highest BCUT2D eigenvalue weighted by Crippen LogP contribution is 2.30. The van der Waals surface area contributed by atoms with E-state index >= 15 is 0 Å². The molecule has 1 N–H and O–H groups in total. The van der Waals surface area contributed by atoms with E-state index < -0.39 is 28.5 Å². The van der Waals surface area contributed by atoms with Crippen molar-refractivity contribution in [3.63, 3.8) is 0 Å². The number of nitrogens with zero attached hydrogens (tertiary/aromatic N) is 2. The standard InChI is InChI=1S/C34H41Cl2N3O4S/c1-5-31(34(41)37-28-9-7-6-8-10-28)38(21-26-15-16-27(35)20-30(26)36)33(40)22-39(32-19-24(3)11-14-25(32)4)44(42,43)29-17-12-23(2)13-18-29/h11-20,28,31H,5-10,21-22H2,1-4H3,(H,37,41). The largest absolute Gasteiger partial charge is 0.352 e. The minimum atomic E-state index is -4.16. The summed E-state index contributed by atoms with van der Waals surface area (Å²) in [4.78, 5) is 29.7. The molecule has 7 nitrogen and oxygen atoms in total. The Morgan fingerprint density at radius 3 is 2.20 bits per heavy atom. The van der Waals surface area contributed by atoms with Gasteiger partial charge in [0, 0.05) is 22.6 Å². The molecule has 4 rings (SSSR count). The van der Waals surface area contributed by atoms with Gasteiger partial charge in [-0.25, -0.2) is 8.42 Å². The van der Waals surface area contributed by atoms with Gasteiger partial charge in [0.1, 0.15) is 12.6 Å². The molecule has 2 amide bonds. The number of benzene rings is 3. The van der Waals surface area contributed by atoms with Crippen LogP contribution >= 0.6 is 23.2 Å². The Morgan fingerprint density at radius 2 is 1.57 bits per heavy atom. The average Bonchev–Trinajstić information content (AvgIpc) is 2.98. The van der Waals surface area contributed by atoms with Crippen molar-refractivity contribution in [2.24, 2.45) is 0 Å². The van der Waals surface area contributed by atoms with Gasteiger partial charge in [0.05, 0.1) is 10.6 Å². The van der Waals surface area contributed by atoms with E-state index in [4.69, 9.17) is 23.2 Å². The van der Waals surface area contributed by atoms with Crippen LogP contribution in [0.3, 0.4) is 0 Å². The van der Waals surface area contributed by atoms with Crippen molar-refractivity contribution in [2.75, 3.05) is 10.8 Å². The molecule has 0 spiro atoms. The summed E-state index contributed by atoms with van der Waals surface area (Å²) in [5.74, 6) is -0.768. The van der Waals surface area contributed by atoms with Crippen molar-refractivity contribution in [1.82, 2.24) is 10.2 Å². The Morgan fingerprint density at radius 1 is 0.909 bits per heavy atom. The maximum Gasteiger partial charge on any atom is 0.264 e. The summed E-state index contributed by atoms with van der Waals surface area (Å²) < 4.78 is 29.5. The highest BCUT2D eigenvalue weighted by molar-refractivity contribution is 7.92. The number of amides is 2. The van der Waals surface area contributed by atoms with E-state index in [1.165, 1.54) is 4.90 Å². The summed E-state index contributed by atoms with van der Waals surface area (Å²) in [7, 11) is -4.16. The molecule has 1 aliphatic rings. The molecule has 0 aromatic heterocycles. The minimum Gasteiger partial charge on any atom is -0.352 e. The van der Waals surface area contributed by atoms with Crippen molar-refractivity contribution in [1.29, 1.82) is 0 Å². The maximum atomic E-state index is 14.4. The van der Waals surface area contributed by atoms with E-state index in [1.54, 1.807) is 48.5 Å². The minimum absolute atomic E-state index is 0.0106.